The third-order valence-electron chi connectivity index (χ3n) is 6.20. The van der Waals surface area contributed by atoms with Gasteiger partial charge in [0.25, 0.3) is 5.92 Å². The number of nitrogens with zero attached hydrogens (tertiary/aromatic N) is 5. The van der Waals surface area contributed by atoms with E-state index < -0.39 is 30.8 Å². The molecule has 1 saturated carbocycles. The highest BCUT2D eigenvalue weighted by molar-refractivity contribution is 6.08. The van der Waals surface area contributed by atoms with E-state index in [-0.39, 0.29) is 18.6 Å². The number of nitriles is 1. The zero-order chi connectivity index (χ0) is 23.2. The molecule has 9 heteroatoms. The average molecular weight is 449 g/mol. The molecule has 0 N–H and O–H groups in total. The van der Waals surface area contributed by atoms with Crippen molar-refractivity contribution in [2.45, 2.75) is 50.1 Å². The quantitative estimate of drug-likeness (QED) is 0.527. The van der Waals surface area contributed by atoms with Crippen molar-refractivity contribution >= 4 is 22.6 Å². The van der Waals surface area contributed by atoms with E-state index in [0.29, 0.717) is 22.5 Å². The topological polar surface area (TPSA) is 91.9 Å². The molecule has 0 bridgehead atoms. The predicted molar refractivity (Wildman–Crippen MR) is 115 cm³/mol. The van der Waals surface area contributed by atoms with Gasteiger partial charge >= 0.3 is 0 Å². The van der Waals surface area contributed by atoms with Gasteiger partial charge in [0.15, 0.2) is 5.78 Å². The number of hydrogen-bond acceptors (Lipinski definition) is 5. The summed E-state index contributed by atoms with van der Waals surface area (Å²) in [5, 5.41) is 14.2. The Morgan fingerprint density at radius 2 is 2.00 bits per heavy atom. The molecular weight excluding hydrogens is 428 g/mol. The van der Waals surface area contributed by atoms with Crippen molar-refractivity contribution in [1.29, 1.82) is 5.26 Å². The van der Waals surface area contributed by atoms with Gasteiger partial charge in [-0.05, 0) is 36.6 Å². The number of likely N-dealkylation sites (tertiary alicyclic amines) is 1. The Labute approximate surface area is 188 Å². The van der Waals surface area contributed by atoms with E-state index in [9.17, 15) is 18.4 Å². The van der Waals surface area contributed by atoms with E-state index >= 15 is 0 Å². The number of aromatic nitrogens is 3. The minimum atomic E-state index is -3.08. The van der Waals surface area contributed by atoms with Crippen LogP contribution in [0.1, 0.15) is 48.5 Å². The highest BCUT2D eigenvalue weighted by Gasteiger charge is 2.47. The lowest BCUT2D eigenvalue weighted by molar-refractivity contribution is -0.132. The summed E-state index contributed by atoms with van der Waals surface area (Å²) in [6.45, 7) is -0.783. The Morgan fingerprint density at radius 3 is 2.76 bits per heavy atom. The van der Waals surface area contributed by atoms with Crippen molar-refractivity contribution < 1.29 is 18.4 Å². The number of Topliss-reactive ketones (excluding diaryl/α,β-unsaturated/α-hetero) is 1. The van der Waals surface area contributed by atoms with Gasteiger partial charge in [-0.15, -0.1) is 0 Å². The Morgan fingerprint density at radius 1 is 1.18 bits per heavy atom. The van der Waals surface area contributed by atoms with Crippen molar-refractivity contribution in [3.05, 3.63) is 48.4 Å². The molecule has 1 aliphatic heterocycles. The molecule has 2 fully saturated rings. The third-order valence-corrected chi connectivity index (χ3v) is 6.20. The predicted octanol–water partition coefficient (Wildman–Crippen LogP) is 4.16. The second-order valence-corrected chi connectivity index (χ2v) is 8.68. The molecule has 2 aromatic heterocycles. The molecule has 0 spiro atoms. The molecule has 3 aromatic rings. The van der Waals surface area contributed by atoms with Crippen LogP contribution in [0.25, 0.3) is 22.0 Å². The molecule has 0 unspecified atom stereocenters. The first-order chi connectivity index (χ1) is 15.8. The fourth-order valence-electron chi connectivity index (χ4n) is 4.29. The molecule has 5 rings (SSSR count). The van der Waals surface area contributed by atoms with Crippen LogP contribution in [0.2, 0.25) is 0 Å². The van der Waals surface area contributed by atoms with Crippen molar-refractivity contribution in [2.24, 2.45) is 0 Å². The maximum absolute atomic E-state index is 13.6. The summed E-state index contributed by atoms with van der Waals surface area (Å²) < 4.78 is 29.2. The van der Waals surface area contributed by atoms with E-state index in [4.69, 9.17) is 5.26 Å². The summed E-state index contributed by atoms with van der Waals surface area (Å²) in [7, 11) is 0. The summed E-state index contributed by atoms with van der Waals surface area (Å²) >= 11 is 0. The molecule has 1 amide bonds. The molecule has 168 valence electrons. The molecule has 0 radical (unpaired) electrons. The summed E-state index contributed by atoms with van der Waals surface area (Å²) in [5.41, 5.74) is 2.92. The summed E-state index contributed by atoms with van der Waals surface area (Å²) in [4.78, 5) is 30.7. The van der Waals surface area contributed by atoms with Crippen LogP contribution in [0.3, 0.4) is 0 Å². The van der Waals surface area contributed by atoms with Crippen LogP contribution in [0.5, 0.6) is 0 Å². The molecule has 3 heterocycles. The Bertz CT molecular complexity index is 1290. The van der Waals surface area contributed by atoms with Crippen LogP contribution >= 0.6 is 0 Å². The van der Waals surface area contributed by atoms with Gasteiger partial charge in [-0.3, -0.25) is 19.3 Å². The van der Waals surface area contributed by atoms with Gasteiger partial charge in [0, 0.05) is 48.2 Å². The summed E-state index contributed by atoms with van der Waals surface area (Å²) in [5.74, 6) is -3.97. The first kappa shape index (κ1) is 21.2. The Hall–Kier alpha value is -3.67. The number of pyridine rings is 1. The van der Waals surface area contributed by atoms with E-state index in [1.54, 1.807) is 18.3 Å². The van der Waals surface area contributed by atoms with Gasteiger partial charge in [-0.1, -0.05) is 6.07 Å². The molecule has 1 aliphatic carbocycles. The first-order valence-electron chi connectivity index (χ1n) is 10.9. The second-order valence-electron chi connectivity index (χ2n) is 8.68. The van der Waals surface area contributed by atoms with Crippen LogP contribution in [0.15, 0.2) is 42.9 Å². The lowest BCUT2D eigenvalue weighted by atomic mass is 9.99. The molecule has 1 saturated heterocycles. The molecule has 2 aliphatic rings. The largest absolute Gasteiger partial charge is 0.320 e. The monoisotopic (exact) mass is 449 g/mol. The maximum Gasteiger partial charge on any atom is 0.268 e. The van der Waals surface area contributed by atoms with Crippen molar-refractivity contribution in [3.8, 4) is 17.2 Å². The van der Waals surface area contributed by atoms with Gasteiger partial charge in [-0.2, -0.15) is 10.4 Å². The molecular formula is C24H21F2N5O2. The summed E-state index contributed by atoms with van der Waals surface area (Å²) in [6, 6.07) is 8.31. The van der Waals surface area contributed by atoms with Crippen LogP contribution in [0.4, 0.5) is 8.78 Å². The molecule has 1 aromatic carbocycles. The number of carbonyl (C=O) groups excluding carboxylic acids is 2. The number of fused-ring (bicyclic) bond motifs is 1. The summed E-state index contributed by atoms with van der Waals surface area (Å²) in [6.07, 6.45) is 6.55. The van der Waals surface area contributed by atoms with E-state index in [2.05, 4.69) is 10.1 Å². The number of rotatable bonds is 6. The van der Waals surface area contributed by atoms with Crippen LogP contribution in [-0.2, 0) is 4.79 Å². The highest BCUT2D eigenvalue weighted by Crippen LogP contribution is 2.36. The van der Waals surface area contributed by atoms with Gasteiger partial charge in [0.05, 0.1) is 30.4 Å². The number of benzene rings is 1. The third kappa shape index (κ3) is 4.21. The SMILES string of the molecule is N#C[C@@H]1CC(F)(F)CN1C(=O)CCC(=O)c1ccnc2ccc(-c3cnn(C4CC4)c3)cc12. The van der Waals surface area contributed by atoms with Crippen LogP contribution in [-0.4, -0.2) is 49.9 Å². The van der Waals surface area contributed by atoms with Gasteiger partial charge in [0.2, 0.25) is 5.91 Å². The normalized spacial score (nSPS) is 19.5. The van der Waals surface area contributed by atoms with E-state index in [1.165, 1.54) is 6.20 Å². The van der Waals surface area contributed by atoms with Gasteiger partial charge < -0.3 is 4.90 Å². The minimum Gasteiger partial charge on any atom is -0.320 e. The zero-order valence-corrected chi connectivity index (χ0v) is 17.7. The second kappa shape index (κ2) is 8.03. The fourth-order valence-corrected chi connectivity index (χ4v) is 4.29. The van der Waals surface area contributed by atoms with Crippen molar-refractivity contribution in [1.82, 2.24) is 19.7 Å². The van der Waals surface area contributed by atoms with Gasteiger partial charge in [-0.25, -0.2) is 8.78 Å². The fraction of sp³-hybridized carbons (Fsp3) is 0.375. The standard InChI is InChI=1S/C24H21F2N5O2/c25-24(26)10-18(11-27)30(14-24)23(33)6-5-22(32)19-7-8-28-21-4-1-15(9-20(19)21)16-12-29-31(13-16)17-2-3-17/h1,4,7-9,12-13,17-18H,2-3,5-6,10,14H2/t18-/m0/s1. The number of carbonyl (C=O) groups is 2. The lowest BCUT2D eigenvalue weighted by Crippen LogP contribution is -2.36. The molecule has 33 heavy (non-hydrogen) atoms. The number of halogens is 2. The minimum absolute atomic E-state index is 0.137. The van der Waals surface area contributed by atoms with Crippen LogP contribution < -0.4 is 0 Å². The number of hydrogen-bond donors (Lipinski definition) is 0. The highest BCUT2D eigenvalue weighted by atomic mass is 19.3. The Balaban J connectivity index is 1.34. The lowest BCUT2D eigenvalue weighted by Gasteiger charge is -2.18. The smallest absolute Gasteiger partial charge is 0.268 e. The van der Waals surface area contributed by atoms with Crippen molar-refractivity contribution in [2.75, 3.05) is 6.54 Å². The van der Waals surface area contributed by atoms with Crippen LogP contribution in [0, 0.1) is 11.3 Å². The van der Waals surface area contributed by atoms with E-state index in [0.717, 1.165) is 28.9 Å². The first-order valence-corrected chi connectivity index (χ1v) is 10.9. The number of ketones is 1. The van der Waals surface area contributed by atoms with Crippen molar-refractivity contribution in [3.63, 3.8) is 0 Å². The Kier molecular flexibility index (Phi) is 5.16. The van der Waals surface area contributed by atoms with Gasteiger partial charge in [0.1, 0.15) is 6.04 Å². The molecule has 7 nitrogen and oxygen atoms in total. The average Bonchev–Trinajstić information content (AvgIpc) is 3.45. The van der Waals surface area contributed by atoms with E-state index in [1.807, 2.05) is 29.1 Å². The maximum atomic E-state index is 13.6. The molecule has 1 atom stereocenters. The number of alkyl halides is 2. The zero-order valence-electron chi connectivity index (χ0n) is 17.7. The number of amides is 1.